The lowest BCUT2D eigenvalue weighted by atomic mass is 9.94. The summed E-state index contributed by atoms with van der Waals surface area (Å²) >= 11 is 6.56. The zero-order valence-corrected chi connectivity index (χ0v) is 20.3. The van der Waals surface area contributed by atoms with Crippen molar-refractivity contribution < 1.29 is 18.3 Å². The van der Waals surface area contributed by atoms with Gasteiger partial charge < -0.3 is 14.9 Å². The molecule has 0 spiro atoms. The standard InChI is InChI=1S/C19H24Br2N4O4S/c20-13-6-7-17(21)18(8-13)30(28,29)23-14-9-16(24(10-14)12-22)11-25(19(26)27)15-4-2-1-3-5-15/h6-8,14-16,23H,1-5,9-11H2,(H,26,27)/t14-,16-/m1/s1. The van der Waals surface area contributed by atoms with Crippen LogP contribution in [0.2, 0.25) is 0 Å². The van der Waals surface area contributed by atoms with E-state index in [2.05, 4.69) is 42.8 Å². The number of nitrogens with zero attached hydrogens (tertiary/aromatic N) is 3. The molecule has 11 heteroatoms. The fourth-order valence-electron chi connectivity index (χ4n) is 4.27. The fourth-order valence-corrected chi connectivity index (χ4v) is 7.01. The Morgan fingerprint density at radius 1 is 1.30 bits per heavy atom. The predicted molar refractivity (Wildman–Crippen MR) is 118 cm³/mol. The lowest BCUT2D eigenvalue weighted by Crippen LogP contribution is -2.47. The number of rotatable bonds is 6. The molecule has 1 aliphatic heterocycles. The summed E-state index contributed by atoms with van der Waals surface area (Å²) in [5.74, 6) is 0. The van der Waals surface area contributed by atoms with Crippen molar-refractivity contribution >= 4 is 48.0 Å². The number of carboxylic acid groups (broad SMARTS) is 1. The third-order valence-electron chi connectivity index (χ3n) is 5.72. The number of hydrogen-bond donors (Lipinski definition) is 2. The Balaban J connectivity index is 1.71. The maximum Gasteiger partial charge on any atom is 0.407 e. The number of nitrogens with one attached hydrogen (secondary N) is 1. The van der Waals surface area contributed by atoms with E-state index in [1.54, 1.807) is 12.1 Å². The second kappa shape index (κ2) is 9.85. The number of amides is 1. The zero-order valence-electron chi connectivity index (χ0n) is 16.3. The molecule has 2 atom stereocenters. The number of benzene rings is 1. The van der Waals surface area contributed by atoms with Gasteiger partial charge in [0.05, 0.1) is 10.9 Å². The summed E-state index contributed by atoms with van der Waals surface area (Å²) in [6, 6.07) is 4.02. The van der Waals surface area contributed by atoms with E-state index >= 15 is 0 Å². The Bertz CT molecular complexity index is 931. The van der Waals surface area contributed by atoms with Crippen molar-refractivity contribution in [2.45, 2.75) is 61.5 Å². The topological polar surface area (TPSA) is 114 Å². The molecule has 30 heavy (non-hydrogen) atoms. The maximum absolute atomic E-state index is 12.9. The largest absolute Gasteiger partial charge is 0.465 e. The molecule has 1 saturated heterocycles. The van der Waals surface area contributed by atoms with Crippen molar-refractivity contribution in [2.24, 2.45) is 0 Å². The summed E-state index contributed by atoms with van der Waals surface area (Å²) < 4.78 is 29.5. The number of hydrogen-bond acceptors (Lipinski definition) is 5. The van der Waals surface area contributed by atoms with Gasteiger partial charge in [-0.25, -0.2) is 17.9 Å². The highest BCUT2D eigenvalue weighted by Crippen LogP contribution is 2.28. The Morgan fingerprint density at radius 2 is 2.00 bits per heavy atom. The predicted octanol–water partition coefficient (Wildman–Crippen LogP) is 3.73. The highest BCUT2D eigenvalue weighted by molar-refractivity contribution is 9.11. The molecule has 1 heterocycles. The third-order valence-corrected chi connectivity index (χ3v) is 8.72. The number of likely N-dealkylation sites (tertiary alicyclic amines) is 1. The molecular formula is C19H24Br2N4O4S. The van der Waals surface area contributed by atoms with Crippen LogP contribution >= 0.6 is 31.9 Å². The van der Waals surface area contributed by atoms with E-state index in [1.807, 2.05) is 0 Å². The first-order valence-electron chi connectivity index (χ1n) is 9.84. The van der Waals surface area contributed by atoms with E-state index < -0.39 is 22.2 Å². The van der Waals surface area contributed by atoms with Crippen LogP contribution in [-0.2, 0) is 10.0 Å². The van der Waals surface area contributed by atoms with Gasteiger partial charge in [-0.2, -0.15) is 5.26 Å². The van der Waals surface area contributed by atoms with Crippen molar-refractivity contribution in [2.75, 3.05) is 13.1 Å². The molecule has 1 aromatic carbocycles. The molecule has 2 aliphatic rings. The second-order valence-electron chi connectivity index (χ2n) is 7.76. The minimum atomic E-state index is -3.81. The molecule has 0 unspecified atom stereocenters. The van der Waals surface area contributed by atoms with Gasteiger partial charge in [0, 0.05) is 34.1 Å². The van der Waals surface area contributed by atoms with E-state index in [0.29, 0.717) is 15.4 Å². The molecule has 1 aromatic rings. The van der Waals surface area contributed by atoms with Gasteiger partial charge in [0.1, 0.15) is 0 Å². The molecular weight excluding hydrogens is 540 g/mol. The van der Waals surface area contributed by atoms with Crippen molar-refractivity contribution in [1.29, 1.82) is 5.26 Å². The monoisotopic (exact) mass is 562 g/mol. The summed E-state index contributed by atoms with van der Waals surface area (Å²) in [5, 5.41) is 19.2. The summed E-state index contributed by atoms with van der Waals surface area (Å²) in [7, 11) is -3.81. The van der Waals surface area contributed by atoms with Crippen molar-refractivity contribution in [3.05, 3.63) is 27.1 Å². The van der Waals surface area contributed by atoms with Crippen LogP contribution in [0.25, 0.3) is 0 Å². The average Bonchev–Trinajstić information content (AvgIpc) is 3.09. The highest BCUT2D eigenvalue weighted by Gasteiger charge is 2.38. The van der Waals surface area contributed by atoms with Crippen LogP contribution in [0.4, 0.5) is 4.79 Å². The van der Waals surface area contributed by atoms with E-state index in [9.17, 15) is 23.6 Å². The molecule has 2 N–H and O–H groups in total. The molecule has 2 fully saturated rings. The maximum atomic E-state index is 12.9. The number of halogens is 2. The van der Waals surface area contributed by atoms with Crippen molar-refractivity contribution in [1.82, 2.24) is 14.5 Å². The SMILES string of the molecule is N#CN1C[C@H](NS(=O)(=O)c2cc(Br)ccc2Br)C[C@@H]1CN(C(=O)O)C1CCCCC1. The minimum absolute atomic E-state index is 0.0369. The molecule has 0 radical (unpaired) electrons. The molecule has 3 rings (SSSR count). The first kappa shape index (κ1) is 23.3. The Hall–Kier alpha value is -1.35. The Labute approximate surface area is 193 Å². The van der Waals surface area contributed by atoms with Crippen molar-refractivity contribution in [3.63, 3.8) is 0 Å². The number of nitriles is 1. The summed E-state index contributed by atoms with van der Waals surface area (Å²) in [5.41, 5.74) is 0. The first-order chi connectivity index (χ1) is 14.2. The Kier molecular flexibility index (Phi) is 7.66. The molecule has 0 aromatic heterocycles. The number of sulfonamides is 1. The van der Waals surface area contributed by atoms with Crippen LogP contribution in [0, 0.1) is 11.5 Å². The highest BCUT2D eigenvalue weighted by atomic mass is 79.9. The van der Waals surface area contributed by atoms with E-state index in [-0.39, 0.29) is 30.1 Å². The van der Waals surface area contributed by atoms with Crippen LogP contribution < -0.4 is 4.72 Å². The molecule has 1 saturated carbocycles. The molecule has 8 nitrogen and oxygen atoms in total. The van der Waals surface area contributed by atoms with Gasteiger partial charge in [0.15, 0.2) is 6.19 Å². The van der Waals surface area contributed by atoms with Gasteiger partial charge in [0.25, 0.3) is 0 Å². The van der Waals surface area contributed by atoms with E-state index in [1.165, 1.54) is 15.9 Å². The summed E-state index contributed by atoms with van der Waals surface area (Å²) in [6.45, 7) is 0.413. The molecule has 1 aliphatic carbocycles. The summed E-state index contributed by atoms with van der Waals surface area (Å²) in [4.78, 5) is 14.9. The Morgan fingerprint density at radius 3 is 2.63 bits per heavy atom. The molecule has 164 valence electrons. The second-order valence-corrected chi connectivity index (χ2v) is 11.2. The van der Waals surface area contributed by atoms with Gasteiger partial charge in [-0.1, -0.05) is 35.2 Å². The molecule has 1 amide bonds. The van der Waals surface area contributed by atoms with Crippen LogP contribution in [0.15, 0.2) is 32.0 Å². The third kappa shape index (κ3) is 5.46. The quantitative estimate of drug-likeness (QED) is 0.510. The molecule has 0 bridgehead atoms. The van der Waals surface area contributed by atoms with Gasteiger partial charge in [-0.3, -0.25) is 0 Å². The average molecular weight is 564 g/mol. The van der Waals surface area contributed by atoms with Gasteiger partial charge >= 0.3 is 6.09 Å². The van der Waals surface area contributed by atoms with Gasteiger partial charge in [-0.05, 0) is 53.4 Å². The van der Waals surface area contributed by atoms with Crippen LogP contribution in [0.5, 0.6) is 0 Å². The first-order valence-corrected chi connectivity index (χ1v) is 12.9. The fraction of sp³-hybridized carbons (Fsp3) is 0.579. The van der Waals surface area contributed by atoms with Crippen LogP contribution in [0.1, 0.15) is 38.5 Å². The van der Waals surface area contributed by atoms with E-state index in [4.69, 9.17) is 0 Å². The summed E-state index contributed by atoms with van der Waals surface area (Å²) in [6.07, 6.45) is 6.28. The van der Waals surface area contributed by atoms with Crippen LogP contribution in [0.3, 0.4) is 0 Å². The lowest BCUT2D eigenvalue weighted by Gasteiger charge is -2.34. The van der Waals surface area contributed by atoms with Crippen LogP contribution in [-0.4, -0.2) is 60.6 Å². The van der Waals surface area contributed by atoms with E-state index in [0.717, 1.165) is 32.1 Å². The number of carbonyl (C=O) groups is 1. The van der Waals surface area contributed by atoms with Crippen molar-refractivity contribution in [3.8, 4) is 6.19 Å². The van der Waals surface area contributed by atoms with Gasteiger partial charge in [0.2, 0.25) is 10.0 Å². The normalized spacial score (nSPS) is 22.6. The smallest absolute Gasteiger partial charge is 0.407 e. The lowest BCUT2D eigenvalue weighted by molar-refractivity contribution is 0.0978. The zero-order chi connectivity index (χ0) is 21.9. The van der Waals surface area contributed by atoms with Gasteiger partial charge in [-0.15, -0.1) is 0 Å². The minimum Gasteiger partial charge on any atom is -0.465 e.